The smallest absolute Gasteiger partial charge is 0.0726 e. The first-order valence-corrected chi connectivity index (χ1v) is 3.22. The molecule has 0 aliphatic rings. The lowest BCUT2D eigenvalue weighted by Gasteiger charge is -1.98. The van der Waals surface area contributed by atoms with Crippen molar-refractivity contribution in [1.29, 1.82) is 0 Å². The minimum atomic E-state index is 0. The standard InChI is InChI=1S/C6H8ClN3.ClH/c7-5-1-4(9)3-10-6(5)2-8;/h1,3H,2,8-9H2;1H. The van der Waals surface area contributed by atoms with Crippen molar-refractivity contribution in [3.05, 3.63) is 23.0 Å². The second-order valence-electron chi connectivity index (χ2n) is 1.90. The van der Waals surface area contributed by atoms with E-state index in [2.05, 4.69) is 4.98 Å². The summed E-state index contributed by atoms with van der Waals surface area (Å²) in [6.07, 6.45) is 1.54. The number of nitrogens with two attached hydrogens (primary N) is 2. The van der Waals surface area contributed by atoms with Crippen molar-refractivity contribution in [2.45, 2.75) is 6.54 Å². The van der Waals surface area contributed by atoms with E-state index in [-0.39, 0.29) is 12.4 Å². The van der Waals surface area contributed by atoms with Crippen molar-refractivity contribution < 1.29 is 0 Å². The number of hydrogen-bond donors (Lipinski definition) is 2. The van der Waals surface area contributed by atoms with Crippen molar-refractivity contribution in [1.82, 2.24) is 4.98 Å². The van der Waals surface area contributed by atoms with Crippen LogP contribution < -0.4 is 11.5 Å². The Morgan fingerprint density at radius 1 is 1.55 bits per heavy atom. The second kappa shape index (κ2) is 4.38. The van der Waals surface area contributed by atoms with Gasteiger partial charge in [0, 0.05) is 6.54 Å². The molecule has 3 nitrogen and oxygen atoms in total. The fourth-order valence-corrected chi connectivity index (χ4v) is 0.883. The zero-order valence-electron chi connectivity index (χ0n) is 5.75. The monoisotopic (exact) mass is 193 g/mol. The zero-order valence-corrected chi connectivity index (χ0v) is 7.32. The molecule has 4 N–H and O–H groups in total. The third kappa shape index (κ3) is 2.54. The van der Waals surface area contributed by atoms with Crippen LogP contribution in [0.4, 0.5) is 5.69 Å². The number of anilines is 1. The maximum atomic E-state index is 5.71. The van der Waals surface area contributed by atoms with E-state index in [1.54, 1.807) is 6.07 Å². The van der Waals surface area contributed by atoms with Gasteiger partial charge in [-0.3, -0.25) is 4.98 Å². The van der Waals surface area contributed by atoms with Crippen LogP contribution in [0, 0.1) is 0 Å². The SMILES string of the molecule is Cl.NCc1ncc(N)cc1Cl. The molecule has 1 aromatic rings. The van der Waals surface area contributed by atoms with Crippen LogP contribution >= 0.6 is 24.0 Å². The zero-order chi connectivity index (χ0) is 7.56. The van der Waals surface area contributed by atoms with Crippen molar-refractivity contribution in [2.24, 2.45) is 5.73 Å². The van der Waals surface area contributed by atoms with E-state index in [1.807, 2.05) is 0 Å². The second-order valence-corrected chi connectivity index (χ2v) is 2.31. The largest absolute Gasteiger partial charge is 0.397 e. The van der Waals surface area contributed by atoms with Gasteiger partial charge < -0.3 is 11.5 Å². The van der Waals surface area contributed by atoms with Crippen LogP contribution in [0.5, 0.6) is 0 Å². The predicted octanol–water partition coefficient (Wildman–Crippen LogP) is 1.20. The van der Waals surface area contributed by atoms with Gasteiger partial charge in [0.25, 0.3) is 0 Å². The average molecular weight is 194 g/mol. The lowest BCUT2D eigenvalue weighted by atomic mass is 10.3. The van der Waals surface area contributed by atoms with Gasteiger partial charge in [-0.1, -0.05) is 11.6 Å². The molecule has 0 aliphatic heterocycles. The van der Waals surface area contributed by atoms with Gasteiger partial charge in [-0.05, 0) is 6.07 Å². The molecule has 0 aromatic carbocycles. The van der Waals surface area contributed by atoms with Gasteiger partial charge in [-0.25, -0.2) is 0 Å². The van der Waals surface area contributed by atoms with E-state index in [0.29, 0.717) is 22.9 Å². The van der Waals surface area contributed by atoms with Crippen LogP contribution in [0.25, 0.3) is 0 Å². The Bertz CT molecular complexity index is 239. The van der Waals surface area contributed by atoms with Crippen LogP contribution in [-0.4, -0.2) is 4.98 Å². The Balaban J connectivity index is 0.000001000. The number of nitrogen functional groups attached to an aromatic ring is 1. The molecule has 1 rings (SSSR count). The van der Waals surface area contributed by atoms with Gasteiger partial charge in [-0.15, -0.1) is 12.4 Å². The first-order valence-electron chi connectivity index (χ1n) is 2.84. The Morgan fingerprint density at radius 2 is 2.18 bits per heavy atom. The normalized spacial score (nSPS) is 8.91. The van der Waals surface area contributed by atoms with Crippen LogP contribution in [0.15, 0.2) is 12.3 Å². The lowest BCUT2D eigenvalue weighted by molar-refractivity contribution is 0.992. The van der Waals surface area contributed by atoms with E-state index in [1.165, 1.54) is 6.20 Å². The number of halogens is 2. The highest BCUT2D eigenvalue weighted by molar-refractivity contribution is 6.31. The summed E-state index contributed by atoms with van der Waals surface area (Å²) in [7, 11) is 0. The van der Waals surface area contributed by atoms with Crippen molar-refractivity contribution in [3.63, 3.8) is 0 Å². The van der Waals surface area contributed by atoms with E-state index >= 15 is 0 Å². The van der Waals surface area contributed by atoms with Gasteiger partial charge >= 0.3 is 0 Å². The fraction of sp³-hybridized carbons (Fsp3) is 0.167. The Labute approximate surface area is 76.2 Å². The molecule has 1 heterocycles. The highest BCUT2D eigenvalue weighted by atomic mass is 35.5. The molecule has 0 spiro atoms. The molecule has 0 saturated heterocycles. The molecule has 5 heteroatoms. The number of hydrogen-bond acceptors (Lipinski definition) is 3. The molecule has 0 aliphatic carbocycles. The third-order valence-electron chi connectivity index (χ3n) is 1.13. The Morgan fingerprint density at radius 3 is 2.64 bits per heavy atom. The summed E-state index contributed by atoms with van der Waals surface area (Å²) >= 11 is 5.71. The molecule has 0 unspecified atom stereocenters. The van der Waals surface area contributed by atoms with Crippen molar-refractivity contribution >= 4 is 29.7 Å². The van der Waals surface area contributed by atoms with Crippen LogP contribution in [0.3, 0.4) is 0 Å². The summed E-state index contributed by atoms with van der Waals surface area (Å²) in [5, 5.41) is 0.530. The number of nitrogens with zero attached hydrogens (tertiary/aromatic N) is 1. The predicted molar refractivity (Wildman–Crippen MR) is 48.8 cm³/mol. The first kappa shape index (κ1) is 10.5. The van der Waals surface area contributed by atoms with Gasteiger partial charge in [0.05, 0.1) is 22.6 Å². The molecule has 1 aromatic heterocycles. The highest BCUT2D eigenvalue weighted by Gasteiger charge is 1.97. The van der Waals surface area contributed by atoms with Crippen molar-refractivity contribution in [3.8, 4) is 0 Å². The molecule has 0 fully saturated rings. The maximum absolute atomic E-state index is 5.71. The average Bonchev–Trinajstić information content (AvgIpc) is 1.88. The van der Waals surface area contributed by atoms with Crippen molar-refractivity contribution in [2.75, 3.05) is 5.73 Å². The third-order valence-corrected chi connectivity index (χ3v) is 1.46. The number of aromatic nitrogens is 1. The molecule has 0 atom stereocenters. The van der Waals surface area contributed by atoms with Gasteiger partial charge in [-0.2, -0.15) is 0 Å². The minimum absolute atomic E-state index is 0. The Kier molecular flexibility index (Phi) is 4.18. The summed E-state index contributed by atoms with van der Waals surface area (Å²) in [5.41, 5.74) is 11.9. The van der Waals surface area contributed by atoms with E-state index in [9.17, 15) is 0 Å². The van der Waals surface area contributed by atoms with Crippen LogP contribution in [0.1, 0.15) is 5.69 Å². The summed E-state index contributed by atoms with van der Waals surface area (Å²) in [6, 6.07) is 1.64. The molecule has 11 heavy (non-hydrogen) atoms. The molecular formula is C6H9Cl2N3. The number of pyridine rings is 1. The van der Waals surface area contributed by atoms with E-state index in [0.717, 1.165) is 0 Å². The summed E-state index contributed by atoms with van der Waals surface area (Å²) in [5.74, 6) is 0. The molecule has 0 amide bonds. The fourth-order valence-electron chi connectivity index (χ4n) is 0.631. The maximum Gasteiger partial charge on any atom is 0.0726 e. The summed E-state index contributed by atoms with van der Waals surface area (Å²) < 4.78 is 0. The quantitative estimate of drug-likeness (QED) is 0.705. The first-order chi connectivity index (χ1) is 4.74. The molecule has 62 valence electrons. The molecule has 0 saturated carbocycles. The topological polar surface area (TPSA) is 64.9 Å². The van der Waals surface area contributed by atoms with Gasteiger partial charge in [0.2, 0.25) is 0 Å². The lowest BCUT2D eigenvalue weighted by Crippen LogP contribution is -2.00. The van der Waals surface area contributed by atoms with Gasteiger partial charge in [0.15, 0.2) is 0 Å². The molecular weight excluding hydrogens is 185 g/mol. The van der Waals surface area contributed by atoms with E-state index < -0.39 is 0 Å². The molecule has 0 radical (unpaired) electrons. The van der Waals surface area contributed by atoms with Gasteiger partial charge in [0.1, 0.15) is 0 Å². The summed E-state index contributed by atoms with van der Waals surface area (Å²) in [4.78, 5) is 3.91. The minimum Gasteiger partial charge on any atom is -0.397 e. The van der Waals surface area contributed by atoms with E-state index in [4.69, 9.17) is 23.1 Å². The molecule has 0 bridgehead atoms. The summed E-state index contributed by atoms with van der Waals surface area (Å²) in [6.45, 7) is 0.346. The number of rotatable bonds is 1. The highest BCUT2D eigenvalue weighted by Crippen LogP contribution is 2.15. The van der Waals surface area contributed by atoms with Crippen LogP contribution in [0.2, 0.25) is 5.02 Å². The van der Waals surface area contributed by atoms with Crippen LogP contribution in [-0.2, 0) is 6.54 Å². The Hall–Kier alpha value is -0.510.